The first-order valence-electron chi connectivity index (χ1n) is 15.3. The van der Waals surface area contributed by atoms with Crippen molar-refractivity contribution in [3.05, 3.63) is 125 Å². The maximum Gasteiger partial charge on any atom is 0.258 e. The van der Waals surface area contributed by atoms with Gasteiger partial charge in [-0.3, -0.25) is 14.5 Å². The van der Waals surface area contributed by atoms with Gasteiger partial charge in [0.05, 0.1) is 24.4 Å². The number of carbonyl (C=O) groups is 2. The predicted octanol–water partition coefficient (Wildman–Crippen LogP) is 7.10. The third-order valence-electron chi connectivity index (χ3n) is 8.38. The standard InChI is InChI=1S/C37H38N4O3/c1-25(27-13-18-31(44-2)19-14-27)38-36(42)29-15-20-33-32(23-29)34(37(43)40-33)35(28-9-5-3-6-10-28)39-30-16-11-26(12-17-30)24-41-21-7-4-8-22-41/h3,5-6,9-20,23,25,39H,4,7-8,21-22,24H2,1-2H3,(H,38,42)(H,40,43)/t25-/m1/s1. The molecule has 4 aromatic carbocycles. The van der Waals surface area contributed by atoms with Crippen molar-refractivity contribution in [2.24, 2.45) is 0 Å². The number of nitrogens with one attached hydrogen (secondary N) is 3. The van der Waals surface area contributed by atoms with Crippen LogP contribution in [0.25, 0.3) is 11.3 Å². The summed E-state index contributed by atoms with van der Waals surface area (Å²) >= 11 is 0. The van der Waals surface area contributed by atoms with E-state index in [1.165, 1.54) is 24.8 Å². The lowest BCUT2D eigenvalue weighted by Crippen LogP contribution is -2.29. The monoisotopic (exact) mass is 586 g/mol. The molecule has 7 heteroatoms. The highest BCUT2D eigenvalue weighted by atomic mass is 16.5. The van der Waals surface area contributed by atoms with E-state index in [9.17, 15) is 9.59 Å². The predicted molar refractivity (Wildman–Crippen MR) is 176 cm³/mol. The average molecular weight is 587 g/mol. The van der Waals surface area contributed by atoms with Gasteiger partial charge in [-0.05, 0) is 92.0 Å². The number of likely N-dealkylation sites (tertiary alicyclic amines) is 1. The molecule has 0 aliphatic carbocycles. The summed E-state index contributed by atoms with van der Waals surface area (Å²) in [5, 5.41) is 9.62. The van der Waals surface area contributed by atoms with Crippen LogP contribution in [0.15, 0.2) is 97.1 Å². The molecule has 1 fully saturated rings. The molecular formula is C37H38N4O3. The minimum absolute atomic E-state index is 0.211. The van der Waals surface area contributed by atoms with Crippen LogP contribution in [0.1, 0.15) is 64.8 Å². The Bertz CT molecular complexity index is 1660. The van der Waals surface area contributed by atoms with Crippen molar-refractivity contribution in [3.63, 3.8) is 0 Å². The lowest BCUT2D eigenvalue weighted by atomic mass is 9.98. The van der Waals surface area contributed by atoms with Crippen molar-refractivity contribution in [1.82, 2.24) is 10.2 Å². The Labute approximate surface area is 258 Å². The van der Waals surface area contributed by atoms with Gasteiger partial charge >= 0.3 is 0 Å². The molecule has 4 aromatic rings. The average Bonchev–Trinajstić information content (AvgIpc) is 3.39. The summed E-state index contributed by atoms with van der Waals surface area (Å²) in [7, 11) is 1.63. The summed E-state index contributed by atoms with van der Waals surface area (Å²) in [6, 6.07) is 31.0. The highest BCUT2D eigenvalue weighted by Crippen LogP contribution is 2.38. The molecule has 0 bridgehead atoms. The minimum atomic E-state index is -0.215. The highest BCUT2D eigenvalue weighted by Gasteiger charge is 2.29. The van der Waals surface area contributed by atoms with Crippen LogP contribution < -0.4 is 20.7 Å². The summed E-state index contributed by atoms with van der Waals surface area (Å²) in [5.41, 5.74) is 7.05. The third kappa shape index (κ3) is 6.53. The fraction of sp³-hybridized carbons (Fsp3) is 0.243. The van der Waals surface area contributed by atoms with Crippen LogP contribution in [0, 0.1) is 0 Å². The van der Waals surface area contributed by atoms with E-state index in [1.807, 2.05) is 61.5 Å². The Balaban J connectivity index is 1.28. The number of anilines is 2. The molecule has 224 valence electrons. The number of amides is 2. The maximum absolute atomic E-state index is 13.5. The molecule has 0 aromatic heterocycles. The van der Waals surface area contributed by atoms with E-state index in [0.717, 1.165) is 42.2 Å². The smallest absolute Gasteiger partial charge is 0.258 e. The molecule has 2 amide bonds. The molecule has 2 aliphatic heterocycles. The lowest BCUT2D eigenvalue weighted by Gasteiger charge is -2.26. The zero-order valence-corrected chi connectivity index (χ0v) is 25.2. The van der Waals surface area contributed by atoms with Gasteiger partial charge in [0.25, 0.3) is 11.8 Å². The number of hydrogen-bond donors (Lipinski definition) is 3. The summed E-state index contributed by atoms with van der Waals surface area (Å²) < 4.78 is 5.25. The van der Waals surface area contributed by atoms with E-state index in [0.29, 0.717) is 28.1 Å². The number of ether oxygens (including phenoxy) is 1. The largest absolute Gasteiger partial charge is 0.497 e. The quantitative estimate of drug-likeness (QED) is 0.182. The molecule has 1 saturated heterocycles. The van der Waals surface area contributed by atoms with Gasteiger partial charge in [0.15, 0.2) is 0 Å². The lowest BCUT2D eigenvalue weighted by molar-refractivity contribution is -0.110. The second kappa shape index (κ2) is 13.2. The first kappa shape index (κ1) is 29.2. The van der Waals surface area contributed by atoms with Crippen molar-refractivity contribution in [2.75, 3.05) is 30.8 Å². The van der Waals surface area contributed by atoms with Gasteiger partial charge in [0.1, 0.15) is 5.75 Å². The molecule has 1 atom stereocenters. The number of methoxy groups -OCH3 is 1. The second-order valence-corrected chi connectivity index (χ2v) is 11.5. The van der Waals surface area contributed by atoms with E-state index in [-0.39, 0.29) is 17.9 Å². The first-order valence-corrected chi connectivity index (χ1v) is 15.3. The number of carbonyl (C=O) groups excluding carboxylic acids is 2. The first-order chi connectivity index (χ1) is 21.5. The van der Waals surface area contributed by atoms with Crippen LogP contribution in [0.5, 0.6) is 5.75 Å². The normalized spacial score (nSPS) is 16.5. The number of rotatable bonds is 9. The molecule has 3 N–H and O–H groups in total. The summed E-state index contributed by atoms with van der Waals surface area (Å²) in [4.78, 5) is 29.4. The zero-order valence-electron chi connectivity index (χ0n) is 25.2. The van der Waals surface area contributed by atoms with Crippen molar-refractivity contribution < 1.29 is 14.3 Å². The van der Waals surface area contributed by atoms with Gasteiger partial charge in [-0.25, -0.2) is 0 Å². The fourth-order valence-electron chi connectivity index (χ4n) is 5.91. The van der Waals surface area contributed by atoms with Gasteiger partial charge in [-0.2, -0.15) is 0 Å². The molecule has 0 saturated carbocycles. The van der Waals surface area contributed by atoms with Crippen LogP contribution in [0.4, 0.5) is 11.4 Å². The summed E-state index contributed by atoms with van der Waals surface area (Å²) in [6.07, 6.45) is 3.85. The molecule has 44 heavy (non-hydrogen) atoms. The number of benzene rings is 4. The van der Waals surface area contributed by atoms with Crippen molar-refractivity contribution in [2.45, 2.75) is 38.8 Å². The van der Waals surface area contributed by atoms with E-state index >= 15 is 0 Å². The van der Waals surface area contributed by atoms with Crippen LogP contribution in [0.2, 0.25) is 0 Å². The molecule has 2 heterocycles. The van der Waals surface area contributed by atoms with E-state index in [2.05, 4.69) is 45.1 Å². The molecule has 6 rings (SSSR count). The SMILES string of the molecule is COc1ccc([C@@H](C)NC(=O)c2ccc3c(c2)C(=C(Nc2ccc(CN4CCCCC4)cc2)c2ccccc2)C(=O)N3)cc1. The Hall–Kier alpha value is -4.88. The second-order valence-electron chi connectivity index (χ2n) is 11.5. The van der Waals surface area contributed by atoms with Crippen molar-refractivity contribution in [3.8, 4) is 5.75 Å². The van der Waals surface area contributed by atoms with Crippen LogP contribution in [0.3, 0.4) is 0 Å². The van der Waals surface area contributed by atoms with Crippen molar-refractivity contribution >= 4 is 34.5 Å². The Morgan fingerprint density at radius 1 is 0.886 bits per heavy atom. The van der Waals surface area contributed by atoms with E-state index in [4.69, 9.17) is 4.74 Å². The summed E-state index contributed by atoms with van der Waals surface area (Å²) in [5.74, 6) is 0.337. The molecule has 0 radical (unpaired) electrons. The maximum atomic E-state index is 13.5. The van der Waals surface area contributed by atoms with Crippen molar-refractivity contribution in [1.29, 1.82) is 0 Å². The van der Waals surface area contributed by atoms with Crippen LogP contribution in [-0.4, -0.2) is 36.9 Å². The van der Waals surface area contributed by atoms with Gasteiger partial charge < -0.3 is 20.7 Å². The molecular weight excluding hydrogens is 548 g/mol. The van der Waals surface area contributed by atoms with Crippen LogP contribution in [-0.2, 0) is 11.3 Å². The third-order valence-corrected chi connectivity index (χ3v) is 8.38. The molecule has 0 spiro atoms. The number of hydrogen-bond acceptors (Lipinski definition) is 5. The van der Waals surface area contributed by atoms with Gasteiger partial charge in [-0.15, -0.1) is 0 Å². The van der Waals surface area contributed by atoms with E-state index < -0.39 is 0 Å². The highest BCUT2D eigenvalue weighted by molar-refractivity contribution is 6.37. The fourth-order valence-corrected chi connectivity index (χ4v) is 5.91. The van der Waals surface area contributed by atoms with E-state index in [1.54, 1.807) is 25.3 Å². The van der Waals surface area contributed by atoms with Gasteiger partial charge in [0, 0.05) is 29.0 Å². The Morgan fingerprint density at radius 2 is 1.61 bits per heavy atom. The number of nitrogens with zero attached hydrogens (tertiary/aromatic N) is 1. The summed E-state index contributed by atoms with van der Waals surface area (Å²) in [6.45, 7) is 5.20. The topological polar surface area (TPSA) is 82.7 Å². The number of fused-ring (bicyclic) bond motifs is 1. The minimum Gasteiger partial charge on any atom is -0.497 e. The Kier molecular flexibility index (Phi) is 8.75. The zero-order chi connectivity index (χ0) is 30.5. The molecule has 7 nitrogen and oxygen atoms in total. The van der Waals surface area contributed by atoms with Gasteiger partial charge in [0.2, 0.25) is 0 Å². The molecule has 0 unspecified atom stereocenters. The van der Waals surface area contributed by atoms with Crippen LogP contribution >= 0.6 is 0 Å². The molecule has 2 aliphatic rings. The number of piperidine rings is 1. The Morgan fingerprint density at radius 3 is 2.32 bits per heavy atom. The van der Waals surface area contributed by atoms with Gasteiger partial charge in [-0.1, -0.05) is 61.0 Å².